The number of nitrogens with one attached hydrogen (secondary N) is 3. The molecule has 0 heterocycles. The molecule has 0 aliphatic heterocycles. The van der Waals surface area contributed by atoms with E-state index in [2.05, 4.69) is 39.5 Å². The van der Waals surface area contributed by atoms with Crippen molar-refractivity contribution in [3.05, 3.63) is 29.8 Å². The van der Waals surface area contributed by atoms with Crippen molar-refractivity contribution in [1.82, 2.24) is 10.6 Å². The van der Waals surface area contributed by atoms with E-state index in [1.807, 2.05) is 24.3 Å². The molecule has 0 unspecified atom stereocenters. The van der Waals surface area contributed by atoms with Crippen LogP contribution in [0.2, 0.25) is 0 Å². The number of rotatable bonds is 9. The zero-order valence-corrected chi connectivity index (χ0v) is 18.3. The number of ether oxygens (including phenoxy) is 2. The molecular formula is C18H31IN4O3. The molecule has 1 aromatic carbocycles. The third-order valence-electron chi connectivity index (χ3n) is 3.28. The van der Waals surface area contributed by atoms with E-state index in [1.165, 1.54) is 7.11 Å². The molecule has 8 heteroatoms. The number of amides is 1. The highest BCUT2D eigenvalue weighted by molar-refractivity contribution is 14.0. The van der Waals surface area contributed by atoms with Crippen molar-refractivity contribution in [2.24, 2.45) is 10.9 Å². The van der Waals surface area contributed by atoms with Crippen LogP contribution < -0.4 is 16.0 Å². The highest BCUT2D eigenvalue weighted by atomic mass is 127. The molecule has 0 aliphatic carbocycles. The molecule has 0 saturated carbocycles. The Morgan fingerprint density at radius 3 is 2.46 bits per heavy atom. The fourth-order valence-electron chi connectivity index (χ4n) is 1.98. The molecule has 0 aromatic heterocycles. The van der Waals surface area contributed by atoms with Crippen LogP contribution in [-0.2, 0) is 16.0 Å². The van der Waals surface area contributed by atoms with Crippen LogP contribution in [0.1, 0.15) is 25.8 Å². The number of benzene rings is 1. The lowest BCUT2D eigenvalue weighted by Crippen LogP contribution is -2.37. The van der Waals surface area contributed by atoms with Gasteiger partial charge in [0.1, 0.15) is 0 Å². The first kappa shape index (κ1) is 24.5. The Morgan fingerprint density at radius 1 is 1.19 bits per heavy atom. The third-order valence-corrected chi connectivity index (χ3v) is 3.28. The van der Waals surface area contributed by atoms with E-state index in [1.54, 1.807) is 7.05 Å². The Kier molecular flexibility index (Phi) is 13.7. The van der Waals surface area contributed by atoms with Crippen LogP contribution in [0.25, 0.3) is 0 Å². The Balaban J connectivity index is 0.00000625. The number of nitrogens with zero attached hydrogens (tertiary/aromatic N) is 1. The fourth-order valence-corrected chi connectivity index (χ4v) is 1.98. The van der Waals surface area contributed by atoms with Gasteiger partial charge in [-0.3, -0.25) is 10.3 Å². The van der Waals surface area contributed by atoms with Gasteiger partial charge >= 0.3 is 6.09 Å². The molecule has 0 radical (unpaired) electrons. The van der Waals surface area contributed by atoms with E-state index in [-0.39, 0.29) is 24.0 Å². The fraction of sp³-hybridized carbons (Fsp3) is 0.556. The van der Waals surface area contributed by atoms with Crippen LogP contribution in [0.3, 0.4) is 0 Å². The largest absolute Gasteiger partial charge is 0.453 e. The van der Waals surface area contributed by atoms with Gasteiger partial charge in [0.15, 0.2) is 5.96 Å². The molecule has 0 atom stereocenters. The van der Waals surface area contributed by atoms with E-state index in [9.17, 15) is 4.79 Å². The van der Waals surface area contributed by atoms with Gasteiger partial charge in [0.05, 0.1) is 7.11 Å². The van der Waals surface area contributed by atoms with Crippen LogP contribution in [0, 0.1) is 5.92 Å². The van der Waals surface area contributed by atoms with E-state index in [4.69, 9.17) is 4.74 Å². The van der Waals surface area contributed by atoms with Gasteiger partial charge in [-0.25, -0.2) is 4.79 Å². The Labute approximate surface area is 173 Å². The van der Waals surface area contributed by atoms with Gasteiger partial charge in [0, 0.05) is 39.0 Å². The first-order chi connectivity index (χ1) is 12.0. The number of halogens is 1. The minimum Gasteiger partial charge on any atom is -0.453 e. The molecule has 148 valence electrons. The summed E-state index contributed by atoms with van der Waals surface area (Å²) in [6, 6.07) is 7.53. The normalized spacial score (nSPS) is 10.9. The average molecular weight is 478 g/mol. The second kappa shape index (κ2) is 14.6. The molecule has 7 nitrogen and oxygen atoms in total. The summed E-state index contributed by atoms with van der Waals surface area (Å²) in [6.07, 6.45) is 0.453. The number of carbonyl (C=O) groups excluding carboxylic acids is 1. The number of aliphatic imine (C=N–C) groups is 1. The van der Waals surface area contributed by atoms with E-state index in [0.717, 1.165) is 37.7 Å². The number of carbonyl (C=O) groups is 1. The Hall–Kier alpha value is -1.55. The predicted octanol–water partition coefficient (Wildman–Crippen LogP) is 3.21. The number of anilines is 1. The molecule has 3 N–H and O–H groups in total. The topological polar surface area (TPSA) is 84.0 Å². The third kappa shape index (κ3) is 11.1. The summed E-state index contributed by atoms with van der Waals surface area (Å²) in [4.78, 5) is 15.3. The van der Waals surface area contributed by atoms with E-state index in [0.29, 0.717) is 18.2 Å². The van der Waals surface area contributed by atoms with Crippen LogP contribution >= 0.6 is 24.0 Å². The van der Waals surface area contributed by atoms with E-state index >= 15 is 0 Å². The van der Waals surface area contributed by atoms with Crippen molar-refractivity contribution in [3.63, 3.8) is 0 Å². The molecule has 0 fully saturated rings. The van der Waals surface area contributed by atoms with Crippen molar-refractivity contribution in [3.8, 4) is 0 Å². The quantitative estimate of drug-likeness (QED) is 0.220. The minimum absolute atomic E-state index is 0. The second-order valence-electron chi connectivity index (χ2n) is 5.99. The van der Waals surface area contributed by atoms with Gasteiger partial charge in [-0.05, 0) is 30.0 Å². The van der Waals surface area contributed by atoms with Crippen molar-refractivity contribution >= 4 is 41.7 Å². The molecule has 0 aliphatic rings. The summed E-state index contributed by atoms with van der Waals surface area (Å²) in [5, 5.41) is 9.13. The Bertz CT molecular complexity index is 536. The van der Waals surface area contributed by atoms with Gasteiger partial charge < -0.3 is 20.1 Å². The van der Waals surface area contributed by atoms with Gasteiger partial charge in [-0.2, -0.15) is 0 Å². The van der Waals surface area contributed by atoms with Crippen LogP contribution in [0.4, 0.5) is 10.5 Å². The SMILES string of the molecule is CN=C(NCCCOCC(C)C)NCc1ccc(NC(=O)OC)cc1.I. The zero-order valence-electron chi connectivity index (χ0n) is 16.0. The summed E-state index contributed by atoms with van der Waals surface area (Å²) >= 11 is 0. The molecule has 1 aromatic rings. The summed E-state index contributed by atoms with van der Waals surface area (Å²) in [5.74, 6) is 1.32. The van der Waals surface area contributed by atoms with Crippen LogP contribution in [-0.4, -0.2) is 46.0 Å². The maximum absolute atomic E-state index is 11.1. The Morgan fingerprint density at radius 2 is 1.88 bits per heavy atom. The van der Waals surface area contributed by atoms with E-state index < -0.39 is 6.09 Å². The van der Waals surface area contributed by atoms with Crippen molar-refractivity contribution in [1.29, 1.82) is 0 Å². The van der Waals surface area contributed by atoms with Crippen molar-refractivity contribution in [2.75, 3.05) is 39.2 Å². The molecule has 1 rings (SSSR count). The number of hydrogen-bond acceptors (Lipinski definition) is 4. The summed E-state index contributed by atoms with van der Waals surface area (Å²) < 4.78 is 10.1. The summed E-state index contributed by atoms with van der Waals surface area (Å²) in [7, 11) is 3.08. The van der Waals surface area contributed by atoms with Gasteiger partial charge in [0.2, 0.25) is 0 Å². The first-order valence-electron chi connectivity index (χ1n) is 8.51. The minimum atomic E-state index is -0.479. The lowest BCUT2D eigenvalue weighted by atomic mass is 10.2. The summed E-state index contributed by atoms with van der Waals surface area (Å²) in [6.45, 7) is 7.27. The monoisotopic (exact) mass is 478 g/mol. The number of methoxy groups -OCH3 is 1. The lowest BCUT2D eigenvalue weighted by Gasteiger charge is -2.13. The van der Waals surface area contributed by atoms with Gasteiger partial charge in [0.25, 0.3) is 0 Å². The van der Waals surface area contributed by atoms with Crippen LogP contribution in [0.5, 0.6) is 0 Å². The predicted molar refractivity (Wildman–Crippen MR) is 116 cm³/mol. The van der Waals surface area contributed by atoms with Crippen LogP contribution in [0.15, 0.2) is 29.3 Å². The van der Waals surface area contributed by atoms with Gasteiger partial charge in [-0.15, -0.1) is 24.0 Å². The second-order valence-corrected chi connectivity index (χ2v) is 5.99. The number of hydrogen-bond donors (Lipinski definition) is 3. The maximum atomic E-state index is 11.1. The highest BCUT2D eigenvalue weighted by Gasteiger charge is 2.02. The van der Waals surface area contributed by atoms with Crippen molar-refractivity contribution in [2.45, 2.75) is 26.8 Å². The molecule has 26 heavy (non-hydrogen) atoms. The molecule has 1 amide bonds. The molecule has 0 spiro atoms. The standard InChI is InChI=1S/C18H30N4O3.HI/c1-14(2)13-25-11-5-10-20-17(19-3)21-12-15-6-8-16(9-7-15)22-18(23)24-4;/h6-9,14H,5,10-13H2,1-4H3,(H,22,23)(H2,19,20,21);1H. The molecular weight excluding hydrogens is 447 g/mol. The smallest absolute Gasteiger partial charge is 0.411 e. The first-order valence-corrected chi connectivity index (χ1v) is 8.51. The molecule has 0 saturated heterocycles. The van der Waals surface area contributed by atoms with Crippen molar-refractivity contribution < 1.29 is 14.3 Å². The zero-order chi connectivity index (χ0) is 18.5. The lowest BCUT2D eigenvalue weighted by molar-refractivity contribution is 0.108. The molecule has 0 bridgehead atoms. The highest BCUT2D eigenvalue weighted by Crippen LogP contribution is 2.09. The average Bonchev–Trinajstić information content (AvgIpc) is 2.61. The maximum Gasteiger partial charge on any atom is 0.411 e. The number of guanidine groups is 1. The summed E-state index contributed by atoms with van der Waals surface area (Å²) in [5.41, 5.74) is 1.78. The van der Waals surface area contributed by atoms with Gasteiger partial charge in [-0.1, -0.05) is 26.0 Å².